The molecule has 1 aromatic carbocycles. The lowest BCUT2D eigenvalue weighted by Crippen LogP contribution is -2.50. The number of rotatable bonds is 4. The Morgan fingerprint density at radius 3 is 2.50 bits per heavy atom. The molecule has 0 aliphatic carbocycles. The van der Waals surface area contributed by atoms with Gasteiger partial charge in [0.15, 0.2) is 0 Å². The van der Waals surface area contributed by atoms with Gasteiger partial charge in [0.25, 0.3) is 0 Å². The first-order valence-corrected chi connectivity index (χ1v) is 7.94. The van der Waals surface area contributed by atoms with Crippen LogP contribution >= 0.6 is 0 Å². The maximum absolute atomic E-state index is 12.3. The predicted octanol–water partition coefficient (Wildman–Crippen LogP) is 1.71. The summed E-state index contributed by atoms with van der Waals surface area (Å²) in [6.07, 6.45) is 1.57. The van der Waals surface area contributed by atoms with E-state index in [1.807, 2.05) is 29.2 Å². The third kappa shape index (κ3) is 3.82. The van der Waals surface area contributed by atoms with Crippen LogP contribution in [0, 0.1) is 11.3 Å². The monoisotopic (exact) mass is 321 g/mol. The molecule has 2 heterocycles. The van der Waals surface area contributed by atoms with Gasteiger partial charge in [-0.05, 0) is 24.3 Å². The summed E-state index contributed by atoms with van der Waals surface area (Å²) in [5, 5.41) is 11.8. The van der Waals surface area contributed by atoms with Gasteiger partial charge in [-0.1, -0.05) is 18.2 Å². The molecule has 1 fully saturated rings. The van der Waals surface area contributed by atoms with Gasteiger partial charge in [0.2, 0.25) is 5.91 Å². The predicted molar refractivity (Wildman–Crippen MR) is 92.7 cm³/mol. The standard InChI is InChI=1S/C18H19N5O/c19-12-15-6-7-16(13-20-15)21-14-18(24)23-10-8-22(9-11-23)17-4-2-1-3-5-17/h1-7,13,21H,8-11,14H2. The van der Waals surface area contributed by atoms with E-state index in [2.05, 4.69) is 27.3 Å². The Labute approximate surface area is 141 Å². The topological polar surface area (TPSA) is 72.3 Å². The third-order valence-electron chi connectivity index (χ3n) is 4.08. The molecule has 0 atom stereocenters. The van der Waals surface area contributed by atoms with Gasteiger partial charge in [-0.25, -0.2) is 4.98 Å². The molecule has 1 aromatic heterocycles. The molecule has 1 aliphatic rings. The van der Waals surface area contributed by atoms with Crippen LogP contribution in [-0.2, 0) is 4.79 Å². The van der Waals surface area contributed by atoms with E-state index in [0.29, 0.717) is 5.69 Å². The summed E-state index contributed by atoms with van der Waals surface area (Å²) in [7, 11) is 0. The van der Waals surface area contributed by atoms with Crippen LogP contribution in [0.25, 0.3) is 0 Å². The van der Waals surface area contributed by atoms with Crippen molar-refractivity contribution in [3.8, 4) is 6.07 Å². The van der Waals surface area contributed by atoms with Gasteiger partial charge in [-0.15, -0.1) is 0 Å². The molecule has 2 aromatic rings. The number of piperazine rings is 1. The number of para-hydroxylation sites is 1. The fraction of sp³-hybridized carbons (Fsp3) is 0.278. The number of carbonyl (C=O) groups excluding carboxylic acids is 1. The smallest absolute Gasteiger partial charge is 0.241 e. The highest BCUT2D eigenvalue weighted by molar-refractivity contribution is 5.81. The fourth-order valence-corrected chi connectivity index (χ4v) is 2.71. The van der Waals surface area contributed by atoms with Crippen LogP contribution in [0.1, 0.15) is 5.69 Å². The number of nitriles is 1. The van der Waals surface area contributed by atoms with Gasteiger partial charge < -0.3 is 15.1 Å². The maximum Gasteiger partial charge on any atom is 0.241 e. The van der Waals surface area contributed by atoms with Gasteiger partial charge in [0, 0.05) is 31.9 Å². The van der Waals surface area contributed by atoms with Crippen molar-refractivity contribution in [3.63, 3.8) is 0 Å². The maximum atomic E-state index is 12.3. The molecule has 1 N–H and O–H groups in total. The fourth-order valence-electron chi connectivity index (χ4n) is 2.71. The summed E-state index contributed by atoms with van der Waals surface area (Å²) in [5.41, 5.74) is 2.31. The third-order valence-corrected chi connectivity index (χ3v) is 4.08. The largest absolute Gasteiger partial charge is 0.375 e. The number of aromatic nitrogens is 1. The summed E-state index contributed by atoms with van der Waals surface area (Å²) in [5.74, 6) is 0.0760. The number of nitrogens with one attached hydrogen (secondary N) is 1. The molecule has 1 aliphatic heterocycles. The lowest BCUT2D eigenvalue weighted by Gasteiger charge is -2.36. The molecule has 1 saturated heterocycles. The molecule has 0 unspecified atom stereocenters. The van der Waals surface area contributed by atoms with Gasteiger partial charge in [-0.3, -0.25) is 4.79 Å². The number of benzene rings is 1. The van der Waals surface area contributed by atoms with E-state index < -0.39 is 0 Å². The number of anilines is 2. The molecule has 6 heteroatoms. The van der Waals surface area contributed by atoms with E-state index in [9.17, 15) is 4.79 Å². The number of pyridine rings is 1. The summed E-state index contributed by atoms with van der Waals surface area (Å²) in [6.45, 7) is 3.36. The average molecular weight is 321 g/mol. The van der Waals surface area contributed by atoms with Gasteiger partial charge in [0.1, 0.15) is 11.8 Å². The molecule has 122 valence electrons. The Hall–Kier alpha value is -3.07. The number of nitrogens with zero attached hydrogens (tertiary/aromatic N) is 4. The summed E-state index contributed by atoms with van der Waals surface area (Å²) >= 11 is 0. The van der Waals surface area contributed by atoms with Crippen LogP contribution in [0.2, 0.25) is 0 Å². The van der Waals surface area contributed by atoms with Crippen LogP contribution in [-0.4, -0.2) is 48.5 Å². The quantitative estimate of drug-likeness (QED) is 0.928. The van der Waals surface area contributed by atoms with Crippen molar-refractivity contribution in [1.29, 1.82) is 5.26 Å². The Morgan fingerprint density at radius 2 is 1.88 bits per heavy atom. The molecule has 6 nitrogen and oxygen atoms in total. The Kier molecular flexibility index (Phi) is 4.92. The molecule has 24 heavy (non-hydrogen) atoms. The Balaban J connectivity index is 1.47. The van der Waals surface area contributed by atoms with Crippen LogP contribution in [0.15, 0.2) is 48.7 Å². The highest BCUT2D eigenvalue weighted by Gasteiger charge is 2.20. The van der Waals surface area contributed by atoms with E-state index in [0.717, 1.165) is 31.9 Å². The van der Waals surface area contributed by atoms with E-state index in [1.54, 1.807) is 18.3 Å². The molecular weight excluding hydrogens is 302 g/mol. The minimum Gasteiger partial charge on any atom is -0.375 e. The van der Waals surface area contributed by atoms with Crippen LogP contribution in [0.5, 0.6) is 0 Å². The SMILES string of the molecule is N#Cc1ccc(NCC(=O)N2CCN(c3ccccc3)CC2)cn1. The molecular formula is C18H19N5O. The van der Waals surface area contributed by atoms with Crippen molar-refractivity contribution in [3.05, 3.63) is 54.4 Å². The van der Waals surface area contributed by atoms with Crippen LogP contribution in [0.4, 0.5) is 11.4 Å². The van der Waals surface area contributed by atoms with Crippen LogP contribution in [0.3, 0.4) is 0 Å². The first-order valence-electron chi connectivity index (χ1n) is 7.94. The second-order valence-electron chi connectivity index (χ2n) is 5.60. The first-order chi connectivity index (χ1) is 11.8. The highest BCUT2D eigenvalue weighted by atomic mass is 16.2. The molecule has 0 spiro atoms. The van der Waals surface area contributed by atoms with E-state index in [4.69, 9.17) is 5.26 Å². The van der Waals surface area contributed by atoms with Crippen molar-refractivity contribution in [2.24, 2.45) is 0 Å². The van der Waals surface area contributed by atoms with E-state index >= 15 is 0 Å². The number of hydrogen-bond donors (Lipinski definition) is 1. The molecule has 0 radical (unpaired) electrons. The highest BCUT2D eigenvalue weighted by Crippen LogP contribution is 2.15. The summed E-state index contributed by atoms with van der Waals surface area (Å²) < 4.78 is 0. The average Bonchev–Trinajstić information content (AvgIpc) is 2.67. The second-order valence-corrected chi connectivity index (χ2v) is 5.60. The zero-order valence-corrected chi connectivity index (χ0v) is 13.4. The molecule has 1 amide bonds. The Morgan fingerprint density at radius 1 is 1.12 bits per heavy atom. The van der Waals surface area contributed by atoms with E-state index in [-0.39, 0.29) is 12.5 Å². The number of carbonyl (C=O) groups is 1. The van der Waals surface area contributed by atoms with E-state index in [1.165, 1.54) is 5.69 Å². The number of hydrogen-bond acceptors (Lipinski definition) is 5. The second kappa shape index (κ2) is 7.47. The zero-order valence-electron chi connectivity index (χ0n) is 13.4. The first kappa shape index (κ1) is 15.8. The normalized spacial score (nSPS) is 14.1. The van der Waals surface area contributed by atoms with Crippen LogP contribution < -0.4 is 10.2 Å². The zero-order chi connectivity index (χ0) is 16.8. The minimum atomic E-state index is 0.0760. The lowest BCUT2D eigenvalue weighted by atomic mass is 10.2. The van der Waals surface area contributed by atoms with Crippen molar-refractivity contribution >= 4 is 17.3 Å². The van der Waals surface area contributed by atoms with Gasteiger partial charge in [-0.2, -0.15) is 5.26 Å². The number of amides is 1. The minimum absolute atomic E-state index is 0.0760. The summed E-state index contributed by atoms with van der Waals surface area (Å²) in [4.78, 5) is 20.5. The van der Waals surface area contributed by atoms with Gasteiger partial charge in [0.05, 0.1) is 18.4 Å². The van der Waals surface area contributed by atoms with Crippen molar-refractivity contribution < 1.29 is 4.79 Å². The van der Waals surface area contributed by atoms with Crippen molar-refractivity contribution in [2.45, 2.75) is 0 Å². The molecule has 0 bridgehead atoms. The lowest BCUT2D eigenvalue weighted by molar-refractivity contribution is -0.129. The molecule has 3 rings (SSSR count). The molecule has 0 saturated carbocycles. The summed E-state index contributed by atoms with van der Waals surface area (Å²) in [6, 6.07) is 15.6. The van der Waals surface area contributed by atoms with Crippen molar-refractivity contribution in [2.75, 3.05) is 42.9 Å². The van der Waals surface area contributed by atoms with Crippen molar-refractivity contribution in [1.82, 2.24) is 9.88 Å². The Bertz CT molecular complexity index is 715. The van der Waals surface area contributed by atoms with Gasteiger partial charge >= 0.3 is 0 Å².